The Kier molecular flexibility index (Phi) is 3.17. The average Bonchev–Trinajstić information content (AvgIpc) is 3.36. The number of imide groups is 1. The van der Waals surface area contributed by atoms with E-state index in [0.29, 0.717) is 18.9 Å². The van der Waals surface area contributed by atoms with Gasteiger partial charge in [0.05, 0.1) is 0 Å². The highest BCUT2D eigenvalue weighted by Gasteiger charge is 2.50. The molecular formula is C19H21NO2. The lowest BCUT2D eigenvalue weighted by molar-refractivity contribution is -0.147. The van der Waals surface area contributed by atoms with Crippen LogP contribution in [0.15, 0.2) is 42.0 Å². The molecule has 0 bridgehead atoms. The smallest absolute Gasteiger partial charge is 0.256 e. The summed E-state index contributed by atoms with van der Waals surface area (Å²) in [5, 5.41) is 0. The SMILES string of the molecule is O=C1CC2(c3ccccc3)CCCC=C2C(=O)N1CC1CC1. The Morgan fingerprint density at radius 2 is 1.91 bits per heavy atom. The molecule has 2 fully saturated rings. The van der Waals surface area contributed by atoms with E-state index in [-0.39, 0.29) is 17.2 Å². The summed E-state index contributed by atoms with van der Waals surface area (Å²) >= 11 is 0. The summed E-state index contributed by atoms with van der Waals surface area (Å²) in [6, 6.07) is 10.1. The molecule has 2 amide bonds. The molecular weight excluding hydrogens is 274 g/mol. The zero-order chi connectivity index (χ0) is 15.2. The van der Waals surface area contributed by atoms with E-state index < -0.39 is 0 Å². The van der Waals surface area contributed by atoms with Crippen molar-refractivity contribution >= 4 is 11.8 Å². The molecule has 1 atom stereocenters. The number of hydrogen-bond donors (Lipinski definition) is 0. The highest BCUT2D eigenvalue weighted by Crippen LogP contribution is 2.47. The number of hydrogen-bond acceptors (Lipinski definition) is 2. The van der Waals surface area contributed by atoms with E-state index in [2.05, 4.69) is 18.2 Å². The second-order valence-corrected chi connectivity index (χ2v) is 6.89. The zero-order valence-electron chi connectivity index (χ0n) is 12.8. The van der Waals surface area contributed by atoms with Gasteiger partial charge < -0.3 is 0 Å². The van der Waals surface area contributed by atoms with Gasteiger partial charge in [-0.05, 0) is 43.6 Å². The predicted octanol–water partition coefficient (Wildman–Crippen LogP) is 3.20. The highest BCUT2D eigenvalue weighted by atomic mass is 16.2. The quantitative estimate of drug-likeness (QED) is 0.803. The van der Waals surface area contributed by atoms with E-state index in [1.807, 2.05) is 18.2 Å². The summed E-state index contributed by atoms with van der Waals surface area (Å²) in [5.41, 5.74) is 1.60. The van der Waals surface area contributed by atoms with Crippen molar-refractivity contribution in [2.45, 2.75) is 43.9 Å². The van der Waals surface area contributed by atoms with E-state index in [4.69, 9.17) is 0 Å². The molecule has 0 aromatic heterocycles. The number of nitrogens with zero attached hydrogens (tertiary/aromatic N) is 1. The first-order chi connectivity index (χ1) is 10.7. The minimum Gasteiger partial charge on any atom is -0.278 e. The molecule has 1 saturated carbocycles. The van der Waals surface area contributed by atoms with E-state index in [1.54, 1.807) is 0 Å². The second-order valence-electron chi connectivity index (χ2n) is 6.89. The van der Waals surface area contributed by atoms with Crippen LogP contribution >= 0.6 is 0 Å². The van der Waals surface area contributed by atoms with E-state index in [1.165, 1.54) is 4.90 Å². The number of rotatable bonds is 3. The van der Waals surface area contributed by atoms with Gasteiger partial charge in [-0.2, -0.15) is 0 Å². The molecule has 1 saturated heterocycles. The van der Waals surface area contributed by atoms with Crippen molar-refractivity contribution in [1.82, 2.24) is 4.90 Å². The normalized spacial score (nSPS) is 28.4. The van der Waals surface area contributed by atoms with Crippen LogP contribution in [0.3, 0.4) is 0 Å². The molecule has 1 heterocycles. The maximum absolute atomic E-state index is 12.9. The van der Waals surface area contributed by atoms with E-state index in [0.717, 1.165) is 43.2 Å². The first-order valence-electron chi connectivity index (χ1n) is 8.31. The zero-order valence-corrected chi connectivity index (χ0v) is 12.8. The summed E-state index contributed by atoms with van der Waals surface area (Å²) in [4.78, 5) is 27.2. The van der Waals surface area contributed by atoms with Crippen LogP contribution in [0.5, 0.6) is 0 Å². The van der Waals surface area contributed by atoms with Crippen LogP contribution in [-0.2, 0) is 15.0 Å². The lowest BCUT2D eigenvalue weighted by Crippen LogP contribution is -2.53. The van der Waals surface area contributed by atoms with E-state index >= 15 is 0 Å². The van der Waals surface area contributed by atoms with Gasteiger partial charge in [-0.15, -0.1) is 0 Å². The van der Waals surface area contributed by atoms with Crippen LogP contribution < -0.4 is 0 Å². The largest absolute Gasteiger partial charge is 0.278 e. The molecule has 1 aromatic carbocycles. The molecule has 3 nitrogen and oxygen atoms in total. The number of piperidine rings is 1. The number of allylic oxidation sites excluding steroid dienone is 1. The Balaban J connectivity index is 1.75. The summed E-state index contributed by atoms with van der Waals surface area (Å²) in [7, 11) is 0. The fourth-order valence-electron chi connectivity index (χ4n) is 3.97. The summed E-state index contributed by atoms with van der Waals surface area (Å²) in [5.74, 6) is 0.521. The first kappa shape index (κ1) is 13.7. The lowest BCUT2D eigenvalue weighted by atomic mass is 9.63. The molecule has 1 unspecified atom stereocenters. The molecule has 0 N–H and O–H groups in total. The topological polar surface area (TPSA) is 37.4 Å². The van der Waals surface area contributed by atoms with Crippen molar-refractivity contribution in [1.29, 1.82) is 0 Å². The molecule has 4 rings (SSSR count). The molecule has 1 aromatic rings. The monoisotopic (exact) mass is 295 g/mol. The van der Waals surface area contributed by atoms with Gasteiger partial charge in [0, 0.05) is 24.0 Å². The Hall–Kier alpha value is -1.90. The molecule has 3 aliphatic rings. The van der Waals surface area contributed by atoms with Crippen LogP contribution in [0.2, 0.25) is 0 Å². The minimum absolute atomic E-state index is 0.0137. The molecule has 1 aliphatic heterocycles. The summed E-state index contributed by atoms with van der Waals surface area (Å²) < 4.78 is 0. The van der Waals surface area contributed by atoms with Gasteiger partial charge in [-0.3, -0.25) is 14.5 Å². The van der Waals surface area contributed by atoms with Crippen LogP contribution in [0.25, 0.3) is 0 Å². The average molecular weight is 295 g/mol. The minimum atomic E-state index is -0.381. The predicted molar refractivity (Wildman–Crippen MR) is 84.1 cm³/mol. The fraction of sp³-hybridized carbons (Fsp3) is 0.474. The van der Waals surface area contributed by atoms with Crippen molar-refractivity contribution < 1.29 is 9.59 Å². The number of benzene rings is 1. The lowest BCUT2D eigenvalue weighted by Gasteiger charge is -2.44. The molecule has 3 heteroatoms. The van der Waals surface area contributed by atoms with Crippen molar-refractivity contribution in [2.75, 3.05) is 6.54 Å². The molecule has 114 valence electrons. The standard InChI is InChI=1S/C19H21NO2/c21-17-12-19(15-6-2-1-3-7-15)11-5-4-8-16(19)18(22)20(17)13-14-9-10-14/h1-3,6-8,14H,4-5,9-13H2. The Morgan fingerprint density at radius 3 is 2.64 bits per heavy atom. The maximum Gasteiger partial charge on any atom is 0.256 e. The Morgan fingerprint density at radius 1 is 1.14 bits per heavy atom. The van der Waals surface area contributed by atoms with Gasteiger partial charge in [0.2, 0.25) is 5.91 Å². The number of fused-ring (bicyclic) bond motifs is 1. The molecule has 0 spiro atoms. The number of amides is 2. The Bertz CT molecular complexity index is 645. The van der Waals surface area contributed by atoms with Gasteiger partial charge in [0.25, 0.3) is 5.91 Å². The number of carbonyl (C=O) groups excluding carboxylic acids is 2. The molecule has 22 heavy (non-hydrogen) atoms. The van der Waals surface area contributed by atoms with Crippen LogP contribution in [0.1, 0.15) is 44.1 Å². The summed E-state index contributed by atoms with van der Waals surface area (Å²) in [6.07, 6.45) is 7.73. The van der Waals surface area contributed by atoms with Crippen molar-refractivity contribution in [3.05, 3.63) is 47.5 Å². The maximum atomic E-state index is 12.9. The third-order valence-electron chi connectivity index (χ3n) is 5.37. The molecule has 2 aliphatic carbocycles. The Labute approximate surface area is 131 Å². The van der Waals surface area contributed by atoms with Crippen LogP contribution in [-0.4, -0.2) is 23.3 Å². The van der Waals surface area contributed by atoms with Gasteiger partial charge in [-0.1, -0.05) is 36.4 Å². The third-order valence-corrected chi connectivity index (χ3v) is 5.37. The van der Waals surface area contributed by atoms with Gasteiger partial charge >= 0.3 is 0 Å². The van der Waals surface area contributed by atoms with E-state index in [9.17, 15) is 9.59 Å². The molecule has 0 radical (unpaired) electrons. The first-order valence-corrected chi connectivity index (χ1v) is 8.31. The highest BCUT2D eigenvalue weighted by molar-refractivity contribution is 6.10. The van der Waals surface area contributed by atoms with Crippen molar-refractivity contribution in [2.24, 2.45) is 5.92 Å². The van der Waals surface area contributed by atoms with Crippen LogP contribution in [0, 0.1) is 5.92 Å². The van der Waals surface area contributed by atoms with Crippen molar-refractivity contribution in [3.8, 4) is 0 Å². The van der Waals surface area contributed by atoms with Gasteiger partial charge in [-0.25, -0.2) is 0 Å². The van der Waals surface area contributed by atoms with Gasteiger partial charge in [0.15, 0.2) is 0 Å². The summed E-state index contributed by atoms with van der Waals surface area (Å²) in [6.45, 7) is 0.625. The number of likely N-dealkylation sites (tertiary alicyclic amines) is 1. The third kappa shape index (κ3) is 2.11. The van der Waals surface area contributed by atoms with Crippen LogP contribution in [0.4, 0.5) is 0 Å². The van der Waals surface area contributed by atoms with Crippen molar-refractivity contribution in [3.63, 3.8) is 0 Å². The second kappa shape index (κ2) is 5.08. The van der Waals surface area contributed by atoms with Gasteiger partial charge in [0.1, 0.15) is 0 Å². The fourth-order valence-corrected chi connectivity index (χ4v) is 3.97. The number of carbonyl (C=O) groups is 2.